The number of carboxylic acid groups (broad SMARTS) is 1. The highest BCUT2D eigenvalue weighted by atomic mass is 32.2. The molecule has 0 saturated carbocycles. The van der Waals surface area contributed by atoms with Crippen molar-refractivity contribution >= 4 is 35.5 Å². The normalized spacial score (nSPS) is 14.8. The molecular formula is C17H33N5O7S. The van der Waals surface area contributed by atoms with Crippen LogP contribution in [0.2, 0.25) is 0 Å². The van der Waals surface area contributed by atoms with Gasteiger partial charge in [0.15, 0.2) is 0 Å². The summed E-state index contributed by atoms with van der Waals surface area (Å²) in [5, 5.41) is 34.1. The number of aliphatic hydroxyl groups is 2. The molecule has 0 aliphatic rings. The first kappa shape index (κ1) is 28.1. The van der Waals surface area contributed by atoms with Crippen molar-refractivity contribution in [2.45, 2.75) is 49.9 Å². The largest absolute Gasteiger partial charge is 0.480 e. The molecule has 0 radical (unpaired) electrons. The molecular weight excluding hydrogens is 418 g/mol. The van der Waals surface area contributed by atoms with Crippen molar-refractivity contribution in [2.75, 3.05) is 31.8 Å². The van der Waals surface area contributed by atoms with Crippen molar-refractivity contribution in [3.63, 3.8) is 0 Å². The fraction of sp³-hybridized carbons (Fsp3) is 0.765. The van der Waals surface area contributed by atoms with E-state index in [1.807, 2.05) is 11.6 Å². The summed E-state index contributed by atoms with van der Waals surface area (Å²) in [6.45, 7) is -1.28. The zero-order valence-corrected chi connectivity index (χ0v) is 17.8. The third-order valence-electron chi connectivity index (χ3n) is 4.16. The van der Waals surface area contributed by atoms with E-state index in [9.17, 15) is 24.3 Å². The Morgan fingerprint density at radius 2 is 1.40 bits per heavy atom. The Morgan fingerprint density at radius 1 is 0.867 bits per heavy atom. The van der Waals surface area contributed by atoms with Crippen LogP contribution in [0.15, 0.2) is 0 Å². The topological polar surface area (TPSA) is 217 Å². The van der Waals surface area contributed by atoms with Crippen molar-refractivity contribution in [1.29, 1.82) is 0 Å². The summed E-state index contributed by atoms with van der Waals surface area (Å²) >= 11 is 1.53. The Hall–Kier alpha value is -1.93. The van der Waals surface area contributed by atoms with E-state index in [0.717, 1.165) is 0 Å². The van der Waals surface area contributed by atoms with Crippen LogP contribution >= 0.6 is 11.8 Å². The SMILES string of the molecule is CSCCC(N)C(=O)NC(CCCCN)C(=O)NC(CO)C(=O)NC(CO)C(=O)O. The van der Waals surface area contributed by atoms with Crippen molar-refractivity contribution in [1.82, 2.24) is 16.0 Å². The molecule has 0 heterocycles. The molecule has 0 aromatic carbocycles. The maximum atomic E-state index is 12.6. The first-order valence-electron chi connectivity index (χ1n) is 9.51. The van der Waals surface area contributed by atoms with E-state index in [0.29, 0.717) is 31.6 Å². The maximum absolute atomic E-state index is 12.6. The van der Waals surface area contributed by atoms with Gasteiger partial charge in [0.05, 0.1) is 19.3 Å². The summed E-state index contributed by atoms with van der Waals surface area (Å²) in [6, 6.07) is -4.87. The van der Waals surface area contributed by atoms with E-state index >= 15 is 0 Å². The highest BCUT2D eigenvalue weighted by molar-refractivity contribution is 7.98. The predicted molar refractivity (Wildman–Crippen MR) is 111 cm³/mol. The Balaban J connectivity index is 5.10. The lowest BCUT2D eigenvalue weighted by atomic mass is 10.1. The Bertz CT molecular complexity index is 567. The summed E-state index contributed by atoms with van der Waals surface area (Å²) in [5.74, 6) is -3.05. The molecule has 3 amide bonds. The first-order chi connectivity index (χ1) is 14.2. The molecule has 0 bridgehead atoms. The van der Waals surface area contributed by atoms with Gasteiger partial charge in [-0.3, -0.25) is 14.4 Å². The Labute approximate surface area is 179 Å². The molecule has 0 spiro atoms. The summed E-state index contributed by atoms with van der Waals surface area (Å²) in [5.41, 5.74) is 11.3. The highest BCUT2D eigenvalue weighted by Crippen LogP contribution is 2.04. The molecule has 0 saturated heterocycles. The van der Waals surface area contributed by atoms with E-state index in [-0.39, 0.29) is 6.42 Å². The van der Waals surface area contributed by atoms with Crippen molar-refractivity contribution < 1.29 is 34.5 Å². The standard InChI is InChI=1S/C17H33N5O7S/c1-30-7-5-10(19)14(25)20-11(4-2-3-6-18)15(26)21-12(8-23)16(27)22-13(9-24)17(28)29/h10-13,23-24H,2-9,18-19H2,1H3,(H,20,25)(H,21,26)(H,22,27)(H,28,29). The van der Waals surface area contributed by atoms with Gasteiger partial charge in [0.1, 0.15) is 18.1 Å². The average Bonchev–Trinajstić information content (AvgIpc) is 2.72. The lowest BCUT2D eigenvalue weighted by Crippen LogP contribution is -2.58. The second-order valence-corrected chi connectivity index (χ2v) is 7.54. The lowest BCUT2D eigenvalue weighted by Gasteiger charge is -2.24. The number of hydrogen-bond acceptors (Lipinski definition) is 9. The van der Waals surface area contributed by atoms with Crippen LogP contribution in [-0.4, -0.2) is 94.9 Å². The average molecular weight is 452 g/mol. The molecule has 0 rings (SSSR count). The van der Waals surface area contributed by atoms with Gasteiger partial charge in [0, 0.05) is 0 Å². The molecule has 4 unspecified atom stereocenters. The minimum absolute atomic E-state index is 0.234. The molecule has 0 aliphatic carbocycles. The number of unbranched alkanes of at least 4 members (excludes halogenated alkanes) is 1. The fourth-order valence-electron chi connectivity index (χ4n) is 2.34. The van der Waals surface area contributed by atoms with Crippen LogP contribution in [0, 0.1) is 0 Å². The Kier molecular flexibility index (Phi) is 14.8. The number of nitrogens with two attached hydrogens (primary N) is 2. The van der Waals surface area contributed by atoms with Gasteiger partial charge in [-0.2, -0.15) is 11.8 Å². The zero-order chi connectivity index (χ0) is 23.1. The monoisotopic (exact) mass is 451 g/mol. The minimum atomic E-state index is -1.59. The number of amides is 3. The molecule has 13 heteroatoms. The van der Waals surface area contributed by atoms with E-state index in [4.69, 9.17) is 21.7 Å². The van der Waals surface area contributed by atoms with Crippen LogP contribution in [-0.2, 0) is 19.2 Å². The van der Waals surface area contributed by atoms with E-state index in [2.05, 4.69) is 10.6 Å². The predicted octanol–water partition coefficient (Wildman–Crippen LogP) is -3.28. The first-order valence-corrected chi connectivity index (χ1v) is 10.9. The van der Waals surface area contributed by atoms with Crippen LogP contribution in [0.5, 0.6) is 0 Å². The lowest BCUT2D eigenvalue weighted by molar-refractivity contribution is -0.143. The van der Waals surface area contributed by atoms with Crippen LogP contribution in [0.25, 0.3) is 0 Å². The van der Waals surface area contributed by atoms with Gasteiger partial charge in [0.25, 0.3) is 0 Å². The zero-order valence-electron chi connectivity index (χ0n) is 17.0. The molecule has 10 N–H and O–H groups in total. The highest BCUT2D eigenvalue weighted by Gasteiger charge is 2.29. The molecule has 174 valence electrons. The molecule has 4 atom stereocenters. The Morgan fingerprint density at radius 3 is 1.90 bits per heavy atom. The molecule has 0 aromatic heterocycles. The number of rotatable bonds is 16. The van der Waals surface area contributed by atoms with Crippen molar-refractivity contribution in [3.8, 4) is 0 Å². The van der Waals surface area contributed by atoms with E-state index < -0.39 is 61.1 Å². The van der Waals surface area contributed by atoms with Crippen molar-refractivity contribution in [3.05, 3.63) is 0 Å². The number of carboxylic acids is 1. The third kappa shape index (κ3) is 10.7. The second kappa shape index (κ2) is 15.8. The summed E-state index contributed by atoms with van der Waals surface area (Å²) in [4.78, 5) is 47.9. The van der Waals surface area contributed by atoms with Gasteiger partial charge in [-0.25, -0.2) is 4.79 Å². The van der Waals surface area contributed by atoms with Gasteiger partial charge in [-0.1, -0.05) is 0 Å². The number of carbonyl (C=O) groups is 4. The van der Waals surface area contributed by atoms with Gasteiger partial charge in [0.2, 0.25) is 17.7 Å². The van der Waals surface area contributed by atoms with Crippen LogP contribution in [0.3, 0.4) is 0 Å². The van der Waals surface area contributed by atoms with Crippen LogP contribution in [0.1, 0.15) is 25.7 Å². The summed E-state index contributed by atoms with van der Waals surface area (Å²) in [6.07, 6.45) is 3.66. The molecule has 30 heavy (non-hydrogen) atoms. The van der Waals surface area contributed by atoms with Gasteiger partial charge >= 0.3 is 5.97 Å². The van der Waals surface area contributed by atoms with Crippen LogP contribution < -0.4 is 27.4 Å². The number of thioether (sulfide) groups is 1. The third-order valence-corrected chi connectivity index (χ3v) is 4.81. The van der Waals surface area contributed by atoms with Gasteiger partial charge < -0.3 is 42.7 Å². The maximum Gasteiger partial charge on any atom is 0.328 e. The quantitative estimate of drug-likeness (QED) is 0.109. The van der Waals surface area contributed by atoms with Crippen molar-refractivity contribution in [2.24, 2.45) is 11.5 Å². The minimum Gasteiger partial charge on any atom is -0.480 e. The van der Waals surface area contributed by atoms with E-state index in [1.54, 1.807) is 0 Å². The smallest absolute Gasteiger partial charge is 0.328 e. The second-order valence-electron chi connectivity index (χ2n) is 6.56. The number of nitrogens with one attached hydrogen (secondary N) is 3. The van der Waals surface area contributed by atoms with Gasteiger partial charge in [-0.15, -0.1) is 0 Å². The number of aliphatic carboxylic acids is 1. The number of carbonyl (C=O) groups excluding carboxylic acids is 3. The number of aliphatic hydroxyl groups excluding tert-OH is 2. The van der Waals surface area contributed by atoms with E-state index in [1.165, 1.54) is 11.8 Å². The van der Waals surface area contributed by atoms with Crippen LogP contribution in [0.4, 0.5) is 0 Å². The molecule has 0 aliphatic heterocycles. The molecule has 0 fully saturated rings. The fourth-order valence-corrected chi connectivity index (χ4v) is 2.83. The summed E-state index contributed by atoms with van der Waals surface area (Å²) < 4.78 is 0. The van der Waals surface area contributed by atoms with Gasteiger partial charge in [-0.05, 0) is 44.2 Å². The molecule has 0 aromatic rings. The number of hydrogen-bond donors (Lipinski definition) is 8. The molecule has 12 nitrogen and oxygen atoms in total. The summed E-state index contributed by atoms with van der Waals surface area (Å²) in [7, 11) is 0.